The third-order valence-corrected chi connectivity index (χ3v) is 5.96. The molecule has 0 aromatic carbocycles. The van der Waals surface area contributed by atoms with E-state index >= 15 is 0 Å². The molecule has 0 aromatic rings. The number of amides is 1. The van der Waals surface area contributed by atoms with Crippen LogP contribution in [0.1, 0.15) is 38.5 Å². The lowest BCUT2D eigenvalue weighted by Gasteiger charge is -2.57. The van der Waals surface area contributed by atoms with Crippen molar-refractivity contribution in [3.63, 3.8) is 0 Å². The Kier molecular flexibility index (Phi) is 2.85. The highest BCUT2D eigenvalue weighted by atomic mass is 16.3. The van der Waals surface area contributed by atoms with Crippen LogP contribution < -0.4 is 0 Å². The largest absolute Gasteiger partial charge is 0.383 e. The molecule has 1 amide bonds. The van der Waals surface area contributed by atoms with Crippen molar-refractivity contribution >= 4 is 5.91 Å². The highest BCUT2D eigenvalue weighted by molar-refractivity contribution is 5.82. The molecular formula is C15H24N2O2. The first kappa shape index (κ1) is 12.2. The summed E-state index contributed by atoms with van der Waals surface area (Å²) in [6.45, 7) is 3.35. The Morgan fingerprint density at radius 2 is 1.84 bits per heavy atom. The van der Waals surface area contributed by atoms with Crippen LogP contribution in [0.5, 0.6) is 0 Å². The second-order valence-corrected chi connectivity index (χ2v) is 6.97. The number of piperidine rings is 4. The van der Waals surface area contributed by atoms with Gasteiger partial charge in [-0.25, -0.2) is 0 Å². The molecule has 4 saturated heterocycles. The molecule has 5 unspecified atom stereocenters. The number of fused-ring (bicyclic) bond motifs is 6. The lowest BCUT2D eigenvalue weighted by Crippen LogP contribution is -2.66. The molecule has 4 rings (SSSR count). The van der Waals surface area contributed by atoms with E-state index < -0.39 is 6.10 Å². The lowest BCUT2D eigenvalue weighted by molar-refractivity contribution is -0.160. The average molecular weight is 264 g/mol. The van der Waals surface area contributed by atoms with Crippen LogP contribution in [0.3, 0.4) is 0 Å². The van der Waals surface area contributed by atoms with E-state index in [1.54, 1.807) is 0 Å². The molecule has 4 aliphatic rings. The maximum atomic E-state index is 12.2. The Hall–Kier alpha value is -0.610. The second kappa shape index (κ2) is 4.45. The zero-order valence-corrected chi connectivity index (χ0v) is 11.5. The van der Waals surface area contributed by atoms with Gasteiger partial charge in [-0.15, -0.1) is 0 Å². The third-order valence-electron chi connectivity index (χ3n) is 5.96. The fraction of sp³-hybridized carbons (Fsp3) is 0.933. The monoisotopic (exact) mass is 264 g/mol. The molecule has 4 heteroatoms. The van der Waals surface area contributed by atoms with Crippen LogP contribution in [-0.2, 0) is 4.79 Å². The van der Waals surface area contributed by atoms with Gasteiger partial charge in [0.2, 0.25) is 0 Å². The summed E-state index contributed by atoms with van der Waals surface area (Å²) in [6, 6.07) is 1.12. The molecular weight excluding hydrogens is 240 g/mol. The summed E-state index contributed by atoms with van der Waals surface area (Å²) in [5, 5.41) is 9.81. The number of aliphatic hydroxyl groups excluding tert-OH is 1. The molecule has 0 radical (unpaired) electrons. The van der Waals surface area contributed by atoms with Gasteiger partial charge < -0.3 is 10.0 Å². The number of nitrogens with zero attached hydrogens (tertiary/aromatic N) is 2. The minimum atomic E-state index is -0.725. The highest BCUT2D eigenvalue weighted by Gasteiger charge is 2.49. The van der Waals surface area contributed by atoms with Gasteiger partial charge in [0.15, 0.2) is 0 Å². The van der Waals surface area contributed by atoms with Gasteiger partial charge in [0.1, 0.15) is 6.10 Å². The maximum absolute atomic E-state index is 12.2. The maximum Gasteiger partial charge on any atom is 0.251 e. The third kappa shape index (κ3) is 1.83. The number of aliphatic hydroxyl groups is 1. The van der Waals surface area contributed by atoms with Crippen molar-refractivity contribution < 1.29 is 9.90 Å². The summed E-state index contributed by atoms with van der Waals surface area (Å²) in [6.07, 6.45) is 6.27. The van der Waals surface area contributed by atoms with Crippen LogP contribution in [0.2, 0.25) is 0 Å². The molecule has 0 saturated carbocycles. The summed E-state index contributed by atoms with van der Waals surface area (Å²) in [4.78, 5) is 17.0. The summed E-state index contributed by atoms with van der Waals surface area (Å²) in [7, 11) is 0. The topological polar surface area (TPSA) is 43.8 Å². The minimum absolute atomic E-state index is 0.00945. The van der Waals surface area contributed by atoms with E-state index in [2.05, 4.69) is 4.90 Å². The molecule has 4 aliphatic heterocycles. The van der Waals surface area contributed by atoms with E-state index in [4.69, 9.17) is 0 Å². The second-order valence-electron chi connectivity index (χ2n) is 6.97. The van der Waals surface area contributed by atoms with E-state index in [9.17, 15) is 9.90 Å². The zero-order valence-electron chi connectivity index (χ0n) is 11.5. The van der Waals surface area contributed by atoms with E-state index in [-0.39, 0.29) is 5.91 Å². The van der Waals surface area contributed by atoms with Crippen molar-refractivity contribution in [3.05, 3.63) is 0 Å². The zero-order chi connectivity index (χ0) is 13.0. The predicted octanol–water partition coefficient (Wildman–Crippen LogP) is 0.843. The number of hydrogen-bond donors (Lipinski definition) is 1. The number of carbonyl (C=O) groups excluding carboxylic acids is 1. The number of rotatable bonds is 0. The fourth-order valence-corrected chi connectivity index (χ4v) is 5.10. The smallest absolute Gasteiger partial charge is 0.251 e. The van der Waals surface area contributed by atoms with Gasteiger partial charge in [0.25, 0.3) is 5.91 Å². The molecule has 0 aliphatic carbocycles. The van der Waals surface area contributed by atoms with Crippen molar-refractivity contribution in [2.45, 2.75) is 56.7 Å². The molecule has 19 heavy (non-hydrogen) atoms. The molecule has 2 bridgehead atoms. The highest BCUT2D eigenvalue weighted by Crippen LogP contribution is 2.42. The van der Waals surface area contributed by atoms with Crippen molar-refractivity contribution in [2.24, 2.45) is 11.8 Å². The van der Waals surface area contributed by atoms with Gasteiger partial charge in [-0.3, -0.25) is 9.69 Å². The van der Waals surface area contributed by atoms with Crippen molar-refractivity contribution in [3.8, 4) is 0 Å². The van der Waals surface area contributed by atoms with Crippen LogP contribution in [0.25, 0.3) is 0 Å². The molecule has 5 atom stereocenters. The Bertz CT molecular complexity index is 386. The minimum Gasteiger partial charge on any atom is -0.383 e. The van der Waals surface area contributed by atoms with Crippen molar-refractivity contribution in [2.75, 3.05) is 19.6 Å². The first-order valence-corrected chi connectivity index (χ1v) is 7.96. The van der Waals surface area contributed by atoms with Crippen LogP contribution in [0, 0.1) is 11.8 Å². The van der Waals surface area contributed by atoms with Crippen molar-refractivity contribution in [1.82, 2.24) is 9.80 Å². The fourth-order valence-electron chi connectivity index (χ4n) is 5.10. The van der Waals surface area contributed by atoms with Crippen LogP contribution in [-0.4, -0.2) is 58.6 Å². The van der Waals surface area contributed by atoms with Crippen LogP contribution in [0.15, 0.2) is 0 Å². The van der Waals surface area contributed by atoms with Gasteiger partial charge in [-0.2, -0.15) is 0 Å². The van der Waals surface area contributed by atoms with Gasteiger partial charge in [-0.1, -0.05) is 6.42 Å². The van der Waals surface area contributed by atoms with Crippen LogP contribution in [0.4, 0.5) is 0 Å². The molecule has 1 N–H and O–H groups in total. The molecule has 4 nitrogen and oxygen atoms in total. The molecule has 0 spiro atoms. The van der Waals surface area contributed by atoms with E-state index in [0.29, 0.717) is 30.3 Å². The Labute approximate surface area is 114 Å². The average Bonchev–Trinajstić information content (AvgIpc) is 2.44. The van der Waals surface area contributed by atoms with E-state index in [0.717, 1.165) is 13.0 Å². The Balaban J connectivity index is 1.59. The molecule has 0 aromatic heterocycles. The van der Waals surface area contributed by atoms with Gasteiger partial charge in [0.05, 0.1) is 0 Å². The number of hydrogen-bond acceptors (Lipinski definition) is 3. The quantitative estimate of drug-likeness (QED) is 0.705. The molecule has 4 fully saturated rings. The Morgan fingerprint density at radius 3 is 2.74 bits per heavy atom. The van der Waals surface area contributed by atoms with E-state index in [1.165, 1.54) is 38.8 Å². The Morgan fingerprint density at radius 1 is 1.00 bits per heavy atom. The lowest BCUT2D eigenvalue weighted by atomic mass is 9.70. The molecule has 4 heterocycles. The standard InChI is InChI=1S/C15H24N2O2/c18-14-5-4-13-10-7-11(9-17(13)15(14)19)12-3-1-2-6-16(12)8-10/h10-14,18H,1-9H2. The summed E-state index contributed by atoms with van der Waals surface area (Å²) in [5.74, 6) is 1.32. The van der Waals surface area contributed by atoms with Gasteiger partial charge in [-0.05, 0) is 50.5 Å². The normalized spacial score (nSPS) is 46.7. The summed E-state index contributed by atoms with van der Waals surface area (Å²) in [5.41, 5.74) is 0. The van der Waals surface area contributed by atoms with Crippen LogP contribution >= 0.6 is 0 Å². The number of carbonyl (C=O) groups is 1. The van der Waals surface area contributed by atoms with Gasteiger partial charge in [0, 0.05) is 25.2 Å². The predicted molar refractivity (Wildman–Crippen MR) is 71.6 cm³/mol. The summed E-state index contributed by atoms with van der Waals surface area (Å²) >= 11 is 0. The molecule has 106 valence electrons. The summed E-state index contributed by atoms with van der Waals surface area (Å²) < 4.78 is 0. The van der Waals surface area contributed by atoms with Crippen molar-refractivity contribution in [1.29, 1.82) is 0 Å². The van der Waals surface area contributed by atoms with E-state index in [1.807, 2.05) is 4.90 Å². The SMILES string of the molecule is O=C1C(O)CCC2C3CC(CN12)C1CCCCN1C3. The first-order valence-electron chi connectivity index (χ1n) is 7.96. The first-order chi connectivity index (χ1) is 9.24. The van der Waals surface area contributed by atoms with Gasteiger partial charge >= 0.3 is 0 Å².